The molecule has 88 valence electrons. The van der Waals surface area contributed by atoms with Crippen LogP contribution in [-0.2, 0) is 0 Å². The topological polar surface area (TPSA) is 56.4 Å². The number of rotatable bonds is 1. The minimum atomic E-state index is 0.283. The number of nitriles is 1. The summed E-state index contributed by atoms with van der Waals surface area (Å²) in [6.45, 7) is 0. The van der Waals surface area contributed by atoms with Crippen LogP contribution in [0.25, 0.3) is 5.57 Å². The molecule has 4 heteroatoms. The Bertz CT molecular complexity index is 619. The van der Waals surface area contributed by atoms with Crippen molar-refractivity contribution < 1.29 is 5.21 Å². The Morgan fingerprint density at radius 2 is 1.94 bits per heavy atom. The Balaban J connectivity index is 2.52. The molecule has 0 aromatic heterocycles. The van der Waals surface area contributed by atoms with Crippen LogP contribution in [0.2, 0.25) is 0 Å². The van der Waals surface area contributed by atoms with E-state index in [1.807, 2.05) is 30.3 Å². The zero-order chi connectivity index (χ0) is 13.0. The first-order valence-electron chi connectivity index (χ1n) is 5.23. The van der Waals surface area contributed by atoms with Crippen molar-refractivity contribution in [2.45, 2.75) is 0 Å². The molecule has 0 heterocycles. The average molecular weight is 257 g/mol. The zero-order valence-corrected chi connectivity index (χ0v) is 10.1. The van der Waals surface area contributed by atoms with Gasteiger partial charge in [0.15, 0.2) is 0 Å². The van der Waals surface area contributed by atoms with E-state index in [1.54, 1.807) is 18.2 Å². The van der Waals surface area contributed by atoms with Gasteiger partial charge in [-0.05, 0) is 23.3 Å². The van der Waals surface area contributed by atoms with Crippen molar-refractivity contribution in [2.24, 2.45) is 5.16 Å². The van der Waals surface area contributed by atoms with Gasteiger partial charge in [0.1, 0.15) is 11.8 Å². The van der Waals surface area contributed by atoms with Gasteiger partial charge >= 0.3 is 0 Å². The molecule has 1 aliphatic rings. The molecule has 0 bridgehead atoms. The van der Waals surface area contributed by atoms with Crippen LogP contribution in [-0.4, -0.2) is 10.9 Å². The molecule has 0 saturated carbocycles. The van der Waals surface area contributed by atoms with Crippen LogP contribution in [0.5, 0.6) is 0 Å². The summed E-state index contributed by atoms with van der Waals surface area (Å²) >= 11 is 5.94. The van der Waals surface area contributed by atoms with Gasteiger partial charge in [-0.2, -0.15) is 5.26 Å². The lowest BCUT2D eigenvalue weighted by Crippen LogP contribution is -2.00. The normalized spacial score (nSPS) is 19.3. The molecule has 0 saturated heterocycles. The highest BCUT2D eigenvalue weighted by Crippen LogP contribution is 2.25. The second-order valence-electron chi connectivity index (χ2n) is 3.62. The third-order valence-electron chi connectivity index (χ3n) is 2.52. The largest absolute Gasteiger partial charge is 0.410 e. The number of hydrogen-bond acceptors (Lipinski definition) is 3. The van der Waals surface area contributed by atoms with Gasteiger partial charge in [-0.1, -0.05) is 53.2 Å². The zero-order valence-electron chi connectivity index (χ0n) is 9.34. The number of hydrogen-bond donors (Lipinski definition) is 1. The molecule has 0 aliphatic heterocycles. The van der Waals surface area contributed by atoms with E-state index in [4.69, 9.17) is 16.8 Å². The number of halogens is 1. The lowest BCUT2D eigenvalue weighted by Gasteiger charge is -2.08. The van der Waals surface area contributed by atoms with Crippen molar-refractivity contribution in [3.63, 3.8) is 0 Å². The summed E-state index contributed by atoms with van der Waals surface area (Å²) in [5.74, 6) is 0. The van der Waals surface area contributed by atoms with Gasteiger partial charge < -0.3 is 5.21 Å². The third kappa shape index (κ3) is 2.34. The Morgan fingerprint density at radius 3 is 2.50 bits per heavy atom. The van der Waals surface area contributed by atoms with Gasteiger partial charge in [0.25, 0.3) is 0 Å². The maximum absolute atomic E-state index is 9.25. The Morgan fingerprint density at radius 1 is 1.22 bits per heavy atom. The molecule has 0 fully saturated rings. The number of allylic oxidation sites excluding steroid dienone is 6. The van der Waals surface area contributed by atoms with Crippen LogP contribution in [0.15, 0.2) is 64.3 Å². The highest BCUT2D eigenvalue weighted by molar-refractivity contribution is 6.46. The van der Waals surface area contributed by atoms with E-state index in [0.29, 0.717) is 16.2 Å². The summed E-state index contributed by atoms with van der Waals surface area (Å²) in [6.07, 6.45) is 4.88. The standard InChI is InChI=1S/C14H9ClN2O/c15-13-8-11(6-7-14(13)17-18)12(9-16)10-4-2-1-3-5-10/h1-8,18H/b12-11-,17-14-. The third-order valence-corrected chi connectivity index (χ3v) is 2.82. The van der Waals surface area contributed by atoms with E-state index in [-0.39, 0.29) is 5.71 Å². The van der Waals surface area contributed by atoms with Gasteiger partial charge in [-0.25, -0.2) is 0 Å². The van der Waals surface area contributed by atoms with Crippen LogP contribution in [0.4, 0.5) is 0 Å². The van der Waals surface area contributed by atoms with Crippen LogP contribution in [0.1, 0.15) is 5.56 Å². The number of nitrogens with zero attached hydrogens (tertiary/aromatic N) is 2. The summed E-state index contributed by atoms with van der Waals surface area (Å²) in [6, 6.07) is 11.5. The van der Waals surface area contributed by atoms with E-state index in [2.05, 4.69) is 11.2 Å². The summed E-state index contributed by atoms with van der Waals surface area (Å²) in [7, 11) is 0. The first-order valence-corrected chi connectivity index (χ1v) is 5.61. The fraction of sp³-hybridized carbons (Fsp3) is 0. The highest BCUT2D eigenvalue weighted by atomic mass is 35.5. The predicted octanol–water partition coefficient (Wildman–Crippen LogP) is 3.49. The Hall–Kier alpha value is -2.31. The lowest BCUT2D eigenvalue weighted by molar-refractivity contribution is 0.320. The van der Waals surface area contributed by atoms with Crippen LogP contribution >= 0.6 is 11.6 Å². The number of oxime groups is 1. The van der Waals surface area contributed by atoms with E-state index in [9.17, 15) is 5.26 Å². The summed E-state index contributed by atoms with van der Waals surface area (Å²) < 4.78 is 0. The van der Waals surface area contributed by atoms with Gasteiger partial charge in [-0.15, -0.1) is 0 Å². The SMILES string of the molecule is N#C/C(=C1C=C/C(=N/O)C(Cl)=C\1)c1ccccc1. The molecule has 1 aromatic rings. The minimum Gasteiger partial charge on any atom is -0.410 e. The molecule has 0 spiro atoms. The second kappa shape index (κ2) is 5.35. The van der Waals surface area contributed by atoms with E-state index in [0.717, 1.165) is 5.56 Å². The van der Waals surface area contributed by atoms with Gasteiger partial charge in [0, 0.05) is 0 Å². The van der Waals surface area contributed by atoms with Crippen molar-refractivity contribution in [1.29, 1.82) is 5.26 Å². The van der Waals surface area contributed by atoms with Crippen molar-refractivity contribution >= 4 is 22.9 Å². The molecule has 18 heavy (non-hydrogen) atoms. The fourth-order valence-corrected chi connectivity index (χ4v) is 1.86. The van der Waals surface area contributed by atoms with Gasteiger partial charge in [0.05, 0.1) is 10.6 Å². The molecular formula is C14H9ClN2O. The minimum absolute atomic E-state index is 0.283. The van der Waals surface area contributed by atoms with Crippen molar-refractivity contribution in [3.05, 3.63) is 64.7 Å². The first-order chi connectivity index (χ1) is 8.76. The van der Waals surface area contributed by atoms with Crippen LogP contribution in [0, 0.1) is 11.3 Å². The Labute approximate surface area is 110 Å². The van der Waals surface area contributed by atoms with E-state index < -0.39 is 0 Å². The van der Waals surface area contributed by atoms with E-state index in [1.165, 1.54) is 0 Å². The average Bonchev–Trinajstić information content (AvgIpc) is 2.41. The van der Waals surface area contributed by atoms with Crippen molar-refractivity contribution in [3.8, 4) is 6.07 Å². The quantitative estimate of drug-likeness (QED) is 0.475. The van der Waals surface area contributed by atoms with Crippen molar-refractivity contribution in [2.75, 3.05) is 0 Å². The molecule has 0 unspecified atom stereocenters. The second-order valence-corrected chi connectivity index (χ2v) is 4.03. The summed E-state index contributed by atoms with van der Waals surface area (Å²) in [4.78, 5) is 0. The van der Waals surface area contributed by atoms with E-state index >= 15 is 0 Å². The van der Waals surface area contributed by atoms with Gasteiger partial charge in [-0.3, -0.25) is 0 Å². The molecule has 1 N–H and O–H groups in total. The van der Waals surface area contributed by atoms with Crippen molar-refractivity contribution in [1.82, 2.24) is 0 Å². The molecular weight excluding hydrogens is 248 g/mol. The molecule has 1 aromatic carbocycles. The van der Waals surface area contributed by atoms with Crippen LogP contribution in [0.3, 0.4) is 0 Å². The monoisotopic (exact) mass is 256 g/mol. The molecule has 3 nitrogen and oxygen atoms in total. The predicted molar refractivity (Wildman–Crippen MR) is 71.3 cm³/mol. The summed E-state index contributed by atoms with van der Waals surface area (Å²) in [5, 5.41) is 21.3. The Kier molecular flexibility index (Phi) is 3.61. The van der Waals surface area contributed by atoms with Gasteiger partial charge in [0.2, 0.25) is 0 Å². The molecule has 0 atom stereocenters. The highest BCUT2D eigenvalue weighted by Gasteiger charge is 2.12. The molecule has 1 aliphatic carbocycles. The molecule has 0 amide bonds. The number of benzene rings is 1. The summed E-state index contributed by atoms with van der Waals surface area (Å²) in [5.41, 5.74) is 2.33. The fourth-order valence-electron chi connectivity index (χ4n) is 1.64. The lowest BCUT2D eigenvalue weighted by atomic mass is 9.97. The molecule has 2 rings (SSSR count). The first kappa shape index (κ1) is 12.2. The smallest absolute Gasteiger partial charge is 0.121 e. The maximum atomic E-state index is 9.25. The molecule has 0 radical (unpaired) electrons. The maximum Gasteiger partial charge on any atom is 0.121 e. The van der Waals surface area contributed by atoms with Crippen LogP contribution < -0.4 is 0 Å².